The molecule has 5 aliphatic rings. The van der Waals surface area contributed by atoms with Crippen LogP contribution in [-0.4, -0.2) is 75.9 Å². The number of aromatic nitrogens is 3. The number of halogens is 1. The highest BCUT2D eigenvalue weighted by Crippen LogP contribution is 2.46. The Morgan fingerprint density at radius 2 is 2.04 bits per heavy atom. The lowest BCUT2D eigenvalue weighted by Crippen LogP contribution is -2.63. The molecule has 5 aliphatic heterocycles. The van der Waals surface area contributed by atoms with Crippen LogP contribution in [0.4, 0.5) is 10.2 Å². The number of hydrogen-bond acceptors (Lipinski definition) is 8. The van der Waals surface area contributed by atoms with Crippen molar-refractivity contribution >= 4 is 27.5 Å². The maximum absolute atomic E-state index is 17.2. The summed E-state index contributed by atoms with van der Waals surface area (Å²) in [6.07, 6.45) is 12.8. The molecule has 0 radical (unpaired) electrons. The van der Waals surface area contributed by atoms with E-state index in [0.717, 1.165) is 75.4 Å². The number of ether oxygens (including phenoxy) is 2. The molecule has 0 spiro atoms. The number of rotatable bonds is 6. The molecule has 8 nitrogen and oxygen atoms in total. The van der Waals surface area contributed by atoms with Gasteiger partial charge in [0.25, 0.3) is 0 Å². The summed E-state index contributed by atoms with van der Waals surface area (Å²) < 4.78 is 30.6. The van der Waals surface area contributed by atoms with E-state index in [1.807, 2.05) is 36.4 Å². The molecule has 4 aromatic rings. The molecule has 9 heteroatoms. The van der Waals surface area contributed by atoms with Crippen LogP contribution in [0.15, 0.2) is 48.6 Å². The number of fused-ring (bicyclic) bond motifs is 7. The molecule has 240 valence electrons. The molecule has 1 unspecified atom stereocenters. The molecule has 7 heterocycles. The second-order valence-electron chi connectivity index (χ2n) is 14.1. The maximum atomic E-state index is 17.2. The van der Waals surface area contributed by atoms with Crippen molar-refractivity contribution in [3.05, 3.63) is 59.9 Å². The van der Waals surface area contributed by atoms with Crippen LogP contribution in [-0.2, 0) is 0 Å². The van der Waals surface area contributed by atoms with Gasteiger partial charge in [-0.25, -0.2) is 9.37 Å². The summed E-state index contributed by atoms with van der Waals surface area (Å²) in [6, 6.07) is 12.3. The van der Waals surface area contributed by atoms with Gasteiger partial charge in [0.1, 0.15) is 35.1 Å². The van der Waals surface area contributed by atoms with Crippen LogP contribution in [0.2, 0.25) is 0 Å². The molecule has 2 aromatic heterocycles. The first-order valence-corrected chi connectivity index (χ1v) is 17.1. The smallest absolute Gasteiger partial charge is 0.319 e. The van der Waals surface area contributed by atoms with Crippen LogP contribution < -0.4 is 19.7 Å². The van der Waals surface area contributed by atoms with Crippen molar-refractivity contribution in [2.45, 2.75) is 81.6 Å². The molecule has 9 rings (SSSR count). The third-order valence-corrected chi connectivity index (χ3v) is 11.2. The minimum atomic E-state index is -0.529. The van der Waals surface area contributed by atoms with Gasteiger partial charge in [-0.05, 0) is 56.5 Å². The van der Waals surface area contributed by atoms with Gasteiger partial charge in [0.05, 0.1) is 11.6 Å². The Bertz CT molecular complexity index is 1990. The van der Waals surface area contributed by atoms with E-state index in [9.17, 15) is 0 Å². The van der Waals surface area contributed by atoms with E-state index in [2.05, 4.69) is 34.5 Å². The molecule has 5 atom stereocenters. The van der Waals surface area contributed by atoms with Crippen molar-refractivity contribution in [3.8, 4) is 35.5 Å². The number of pyridine rings is 1. The first kappa shape index (κ1) is 28.9. The van der Waals surface area contributed by atoms with Gasteiger partial charge < -0.3 is 19.7 Å². The lowest BCUT2D eigenvalue weighted by atomic mass is 9.94. The number of terminal acetylenes is 1. The topological polar surface area (TPSA) is 75.6 Å². The van der Waals surface area contributed by atoms with Gasteiger partial charge in [-0.1, -0.05) is 61.7 Å². The monoisotopic (exact) mass is 630 g/mol. The Morgan fingerprint density at radius 1 is 1.17 bits per heavy atom. The van der Waals surface area contributed by atoms with E-state index in [4.69, 9.17) is 30.8 Å². The summed E-state index contributed by atoms with van der Waals surface area (Å²) in [5, 5.41) is 6.03. The van der Waals surface area contributed by atoms with Crippen molar-refractivity contribution in [2.75, 3.05) is 31.1 Å². The standard InChI is InChI=1S/C38H39FN6O2/c1-4-9-28-34-27-15-14-25(40-27)20-45(34)35-30-33(42-37(43-35)46-21-38-16-8-17-44(38)19-22(3)18-38)31(39)32(41-36(30)47-28)26-13-7-12-24-11-6-10-23(5-2)29(24)26/h2,6-7,10-13,25,27-28,34,40H,3-4,8-9,14-21H2,1H3/t25-,27+,28+,34+,38?/m1/s1. The Labute approximate surface area is 274 Å². The van der Waals surface area contributed by atoms with Gasteiger partial charge in [0.15, 0.2) is 5.82 Å². The first-order chi connectivity index (χ1) is 23.0. The average Bonchev–Trinajstić information content (AvgIpc) is 3.72. The highest BCUT2D eigenvalue weighted by molar-refractivity contribution is 6.03. The Morgan fingerprint density at radius 3 is 2.89 bits per heavy atom. The second kappa shape index (κ2) is 10.9. The molecule has 4 saturated heterocycles. The quantitative estimate of drug-likeness (QED) is 0.205. The van der Waals surface area contributed by atoms with E-state index in [1.54, 1.807) is 0 Å². The van der Waals surface area contributed by atoms with Crippen LogP contribution in [0.3, 0.4) is 0 Å². The fourth-order valence-corrected chi connectivity index (χ4v) is 9.20. The molecule has 47 heavy (non-hydrogen) atoms. The van der Waals surface area contributed by atoms with Crippen LogP contribution in [0, 0.1) is 18.2 Å². The molecular weight excluding hydrogens is 591 g/mol. The molecular formula is C38H39FN6O2. The third kappa shape index (κ3) is 4.45. The molecule has 0 amide bonds. The van der Waals surface area contributed by atoms with Crippen LogP contribution in [0.5, 0.6) is 11.9 Å². The van der Waals surface area contributed by atoms with Gasteiger partial charge in [0.2, 0.25) is 5.88 Å². The summed E-state index contributed by atoms with van der Waals surface area (Å²) in [4.78, 5) is 19.7. The first-order valence-electron chi connectivity index (χ1n) is 17.1. The van der Waals surface area contributed by atoms with Gasteiger partial charge in [-0.3, -0.25) is 4.90 Å². The van der Waals surface area contributed by atoms with Crippen LogP contribution in [0.1, 0.15) is 57.4 Å². The molecule has 0 aliphatic carbocycles. The SMILES string of the molecule is C#Cc1cccc2cccc(-c3nc4c5c(nc(OCC67CCCN6CC(=C)C7)nc5c3F)N3C[C@H]5CC[C@H](N5)[C@H]3[C@H](CCC)O4)c12. The molecule has 2 aromatic carbocycles. The number of hydrogen-bond donors (Lipinski definition) is 1. The van der Waals surface area contributed by atoms with Gasteiger partial charge >= 0.3 is 6.01 Å². The van der Waals surface area contributed by atoms with Crippen molar-refractivity contribution in [3.63, 3.8) is 0 Å². The zero-order chi connectivity index (χ0) is 31.9. The van der Waals surface area contributed by atoms with Gasteiger partial charge in [-0.15, -0.1) is 6.42 Å². The van der Waals surface area contributed by atoms with Gasteiger partial charge in [0, 0.05) is 41.7 Å². The summed E-state index contributed by atoms with van der Waals surface area (Å²) in [6.45, 7) is 9.57. The fourth-order valence-electron chi connectivity index (χ4n) is 9.20. The van der Waals surface area contributed by atoms with E-state index in [0.29, 0.717) is 40.9 Å². The minimum Gasteiger partial charge on any atom is -0.471 e. The summed E-state index contributed by atoms with van der Waals surface area (Å²) in [7, 11) is 0. The number of benzene rings is 2. The molecule has 0 saturated carbocycles. The lowest BCUT2D eigenvalue weighted by molar-refractivity contribution is 0.107. The summed E-state index contributed by atoms with van der Waals surface area (Å²) in [5.41, 5.74) is 2.73. The van der Waals surface area contributed by atoms with Crippen molar-refractivity contribution in [1.29, 1.82) is 0 Å². The Balaban J connectivity index is 1.25. The number of piperazine rings is 1. The largest absolute Gasteiger partial charge is 0.471 e. The molecule has 4 fully saturated rings. The summed E-state index contributed by atoms with van der Waals surface area (Å²) in [5.74, 6) is 3.28. The van der Waals surface area contributed by atoms with E-state index >= 15 is 4.39 Å². The Kier molecular flexibility index (Phi) is 6.70. The normalized spacial score (nSPS) is 27.9. The second-order valence-corrected chi connectivity index (χ2v) is 14.1. The predicted octanol–water partition coefficient (Wildman–Crippen LogP) is 6.01. The zero-order valence-electron chi connectivity index (χ0n) is 26.8. The molecule has 1 N–H and O–H groups in total. The van der Waals surface area contributed by atoms with Gasteiger partial charge in [-0.2, -0.15) is 9.97 Å². The number of anilines is 1. The van der Waals surface area contributed by atoms with Crippen molar-refractivity contribution < 1.29 is 13.9 Å². The zero-order valence-corrected chi connectivity index (χ0v) is 26.8. The predicted molar refractivity (Wildman–Crippen MR) is 181 cm³/mol. The highest BCUT2D eigenvalue weighted by Gasteiger charge is 2.49. The maximum Gasteiger partial charge on any atom is 0.319 e. The van der Waals surface area contributed by atoms with Crippen molar-refractivity contribution in [2.24, 2.45) is 0 Å². The van der Waals surface area contributed by atoms with E-state index in [1.165, 1.54) is 5.57 Å². The van der Waals surface area contributed by atoms with E-state index in [-0.39, 0.29) is 40.9 Å². The fraction of sp³-hybridized carbons (Fsp3) is 0.447. The molecule has 2 bridgehead atoms. The minimum absolute atomic E-state index is 0.0213. The highest BCUT2D eigenvalue weighted by atomic mass is 19.1. The van der Waals surface area contributed by atoms with Crippen LogP contribution in [0.25, 0.3) is 32.9 Å². The van der Waals surface area contributed by atoms with E-state index < -0.39 is 5.82 Å². The lowest BCUT2D eigenvalue weighted by Gasteiger charge is -2.43. The average molecular weight is 631 g/mol. The van der Waals surface area contributed by atoms with Crippen molar-refractivity contribution in [1.82, 2.24) is 25.2 Å². The van der Waals surface area contributed by atoms with Crippen LogP contribution >= 0.6 is 0 Å². The Hall–Kier alpha value is -4.26. The third-order valence-electron chi connectivity index (χ3n) is 11.2. The summed E-state index contributed by atoms with van der Waals surface area (Å²) >= 11 is 0. The number of nitrogens with zero attached hydrogens (tertiary/aromatic N) is 5. The number of nitrogens with one attached hydrogen (secondary N) is 1.